The highest BCUT2D eigenvalue weighted by atomic mass is 19.4. The van der Waals surface area contributed by atoms with Crippen molar-refractivity contribution in [3.8, 4) is 11.5 Å². The number of carbonyl (C=O) groups excluding carboxylic acids is 1. The van der Waals surface area contributed by atoms with Crippen molar-refractivity contribution in [3.63, 3.8) is 0 Å². The molecule has 2 amide bonds. The maximum atomic E-state index is 15.3. The Hall–Kier alpha value is -3.99. The van der Waals surface area contributed by atoms with Crippen LogP contribution in [0.2, 0.25) is 0 Å². The first-order valence-electron chi connectivity index (χ1n) is 11.3. The lowest BCUT2D eigenvalue weighted by molar-refractivity contribution is -0.139. The molecule has 0 radical (unpaired) electrons. The molecule has 0 atom stereocenters. The van der Waals surface area contributed by atoms with Crippen LogP contribution in [0.15, 0.2) is 55.2 Å². The van der Waals surface area contributed by atoms with Crippen LogP contribution in [0.3, 0.4) is 0 Å². The fraction of sp³-hybridized carbons (Fsp3) is 0.231. The molecule has 0 aliphatic heterocycles. The van der Waals surface area contributed by atoms with Crippen LogP contribution in [0.5, 0.6) is 11.5 Å². The van der Waals surface area contributed by atoms with Crippen LogP contribution in [0.25, 0.3) is 6.08 Å². The second kappa shape index (κ2) is 10.6. The summed E-state index contributed by atoms with van der Waals surface area (Å²) in [6, 6.07) is 7.70. The molecule has 37 heavy (non-hydrogen) atoms. The average Bonchev–Trinajstić information content (AvgIpc) is 3.69. The largest absolute Gasteiger partial charge is 0.454 e. The van der Waals surface area contributed by atoms with Gasteiger partial charge in [-0.2, -0.15) is 13.2 Å². The molecular formula is C26H23F5N4O2. The van der Waals surface area contributed by atoms with Crippen LogP contribution in [0.4, 0.5) is 38.1 Å². The number of urea groups is 1. The molecule has 0 spiro atoms. The van der Waals surface area contributed by atoms with Crippen molar-refractivity contribution in [2.24, 2.45) is 0 Å². The average molecular weight is 518 g/mol. The molecule has 0 unspecified atom stereocenters. The Balaban J connectivity index is 1.51. The standard InChI is InChI=1S/C26H23F5N4O2/c1-3-19-22(35(2)25(36)34-16-6-7-21(27)20(13-16)26(29,30)31)8-9-23(24(19)28)37-18-10-11-32-17(12-18)14-33-15-4-5-15/h3,6-13,15,33H,1,4-5,14H2,2H3,(H,34,36). The maximum absolute atomic E-state index is 15.3. The monoisotopic (exact) mass is 518 g/mol. The second-order valence-corrected chi connectivity index (χ2v) is 8.44. The third-order valence-electron chi connectivity index (χ3n) is 5.68. The number of aromatic nitrogens is 1. The Morgan fingerprint density at radius 3 is 2.62 bits per heavy atom. The predicted molar refractivity (Wildman–Crippen MR) is 129 cm³/mol. The Kier molecular flexibility index (Phi) is 7.44. The first-order chi connectivity index (χ1) is 17.6. The highest BCUT2D eigenvalue weighted by Crippen LogP contribution is 2.35. The Labute approximate surface area is 209 Å². The molecule has 3 aromatic rings. The molecule has 11 heteroatoms. The minimum atomic E-state index is -4.94. The molecule has 1 aliphatic rings. The minimum Gasteiger partial charge on any atom is -0.454 e. The summed E-state index contributed by atoms with van der Waals surface area (Å²) < 4.78 is 73.5. The number of nitrogens with zero attached hydrogens (tertiary/aromatic N) is 2. The third-order valence-corrected chi connectivity index (χ3v) is 5.68. The number of pyridine rings is 1. The minimum absolute atomic E-state index is 0.0603. The van der Waals surface area contributed by atoms with Crippen LogP contribution >= 0.6 is 0 Å². The van der Waals surface area contributed by atoms with Crippen LogP contribution in [-0.4, -0.2) is 24.1 Å². The fourth-order valence-electron chi connectivity index (χ4n) is 3.54. The number of alkyl halides is 3. The summed E-state index contributed by atoms with van der Waals surface area (Å²) in [5.74, 6) is -2.01. The van der Waals surface area contributed by atoms with E-state index in [1.54, 1.807) is 18.3 Å². The second-order valence-electron chi connectivity index (χ2n) is 8.44. The van der Waals surface area contributed by atoms with E-state index in [1.807, 2.05) is 0 Å². The van der Waals surface area contributed by atoms with Crippen molar-refractivity contribution in [2.45, 2.75) is 31.6 Å². The van der Waals surface area contributed by atoms with Crippen molar-refractivity contribution in [1.82, 2.24) is 10.3 Å². The number of rotatable bonds is 8. The lowest BCUT2D eigenvalue weighted by atomic mass is 10.1. The molecule has 0 bridgehead atoms. The van der Waals surface area contributed by atoms with Crippen molar-refractivity contribution in [1.29, 1.82) is 0 Å². The molecule has 2 aromatic carbocycles. The summed E-state index contributed by atoms with van der Waals surface area (Å²) in [6.45, 7) is 4.15. The van der Waals surface area contributed by atoms with Crippen LogP contribution in [-0.2, 0) is 12.7 Å². The molecule has 1 saturated carbocycles. The van der Waals surface area contributed by atoms with Gasteiger partial charge in [0.15, 0.2) is 11.6 Å². The normalized spacial score (nSPS) is 13.2. The van der Waals surface area contributed by atoms with Gasteiger partial charge in [0.2, 0.25) is 0 Å². The molecule has 2 N–H and O–H groups in total. The predicted octanol–water partition coefficient (Wildman–Crippen LogP) is 6.73. The lowest BCUT2D eigenvalue weighted by Crippen LogP contribution is -2.32. The highest BCUT2D eigenvalue weighted by Gasteiger charge is 2.34. The molecule has 6 nitrogen and oxygen atoms in total. The molecule has 1 aliphatic carbocycles. The topological polar surface area (TPSA) is 66.5 Å². The van der Waals surface area contributed by atoms with Gasteiger partial charge in [-0.25, -0.2) is 13.6 Å². The van der Waals surface area contributed by atoms with Gasteiger partial charge in [-0.1, -0.05) is 12.7 Å². The van der Waals surface area contributed by atoms with Gasteiger partial charge >= 0.3 is 12.2 Å². The number of ether oxygens (including phenoxy) is 1. The molecule has 4 rings (SSSR count). The lowest BCUT2D eigenvalue weighted by Gasteiger charge is -2.22. The van der Waals surface area contributed by atoms with E-state index in [0.29, 0.717) is 30.5 Å². The summed E-state index contributed by atoms with van der Waals surface area (Å²) in [5.41, 5.74) is -1.04. The van der Waals surface area contributed by atoms with Crippen LogP contribution < -0.4 is 20.3 Å². The third kappa shape index (κ3) is 6.23. The van der Waals surface area contributed by atoms with Crippen molar-refractivity contribution in [2.75, 3.05) is 17.3 Å². The van der Waals surface area contributed by atoms with Crippen molar-refractivity contribution < 1.29 is 31.5 Å². The zero-order valence-electron chi connectivity index (χ0n) is 19.7. The highest BCUT2D eigenvalue weighted by molar-refractivity contribution is 6.02. The molecule has 194 valence electrons. The van der Waals surface area contributed by atoms with Gasteiger partial charge in [-0.05, 0) is 49.2 Å². The number of amides is 2. The molecule has 1 fully saturated rings. The number of anilines is 2. The zero-order chi connectivity index (χ0) is 26.7. The van der Waals surface area contributed by atoms with Gasteiger partial charge in [0.05, 0.1) is 16.9 Å². The van der Waals surface area contributed by atoms with E-state index >= 15 is 4.39 Å². The summed E-state index contributed by atoms with van der Waals surface area (Å²) in [5, 5.41) is 5.59. The maximum Gasteiger partial charge on any atom is 0.419 e. The van der Waals surface area contributed by atoms with Gasteiger partial charge < -0.3 is 15.4 Å². The van der Waals surface area contributed by atoms with E-state index in [1.165, 1.54) is 25.3 Å². The molecule has 1 aromatic heterocycles. The van der Waals surface area contributed by atoms with Crippen LogP contribution in [0.1, 0.15) is 29.7 Å². The van der Waals surface area contributed by atoms with E-state index in [9.17, 15) is 22.4 Å². The van der Waals surface area contributed by atoms with Gasteiger partial charge in [0, 0.05) is 43.1 Å². The van der Waals surface area contributed by atoms with E-state index in [0.717, 1.165) is 29.5 Å². The molecule has 1 heterocycles. The fourth-order valence-corrected chi connectivity index (χ4v) is 3.54. The van der Waals surface area contributed by atoms with Crippen molar-refractivity contribution in [3.05, 3.63) is 83.7 Å². The van der Waals surface area contributed by atoms with Crippen molar-refractivity contribution >= 4 is 23.5 Å². The number of benzene rings is 2. The smallest absolute Gasteiger partial charge is 0.419 e. The molecule has 0 saturated heterocycles. The first kappa shape index (κ1) is 26.1. The zero-order valence-corrected chi connectivity index (χ0v) is 19.7. The first-order valence-corrected chi connectivity index (χ1v) is 11.3. The van der Waals surface area contributed by atoms with E-state index in [2.05, 4.69) is 22.2 Å². The van der Waals surface area contributed by atoms with Gasteiger partial charge in [-0.15, -0.1) is 0 Å². The summed E-state index contributed by atoms with van der Waals surface area (Å²) in [4.78, 5) is 18.0. The number of halogens is 5. The summed E-state index contributed by atoms with van der Waals surface area (Å²) in [6.07, 6.45) is 0.0667. The van der Waals surface area contributed by atoms with Crippen LogP contribution in [0, 0.1) is 11.6 Å². The summed E-state index contributed by atoms with van der Waals surface area (Å²) >= 11 is 0. The van der Waals surface area contributed by atoms with E-state index in [4.69, 9.17) is 4.74 Å². The summed E-state index contributed by atoms with van der Waals surface area (Å²) in [7, 11) is 1.30. The number of hydrogen-bond acceptors (Lipinski definition) is 4. The Morgan fingerprint density at radius 2 is 1.95 bits per heavy atom. The van der Waals surface area contributed by atoms with E-state index < -0.39 is 29.4 Å². The quantitative estimate of drug-likeness (QED) is 0.325. The van der Waals surface area contributed by atoms with Gasteiger partial charge in [-0.3, -0.25) is 9.88 Å². The van der Waals surface area contributed by atoms with E-state index in [-0.39, 0.29) is 22.7 Å². The van der Waals surface area contributed by atoms with Gasteiger partial charge in [0.1, 0.15) is 11.6 Å². The Morgan fingerprint density at radius 1 is 1.19 bits per heavy atom. The van der Waals surface area contributed by atoms with Gasteiger partial charge in [0.25, 0.3) is 0 Å². The number of carbonyl (C=O) groups is 1. The number of hydrogen-bond donors (Lipinski definition) is 2. The number of nitrogens with one attached hydrogen (secondary N) is 2. The Bertz CT molecular complexity index is 1320. The SMILES string of the molecule is C=Cc1c(N(C)C(=O)Nc2ccc(F)c(C(F)(F)F)c2)ccc(Oc2ccnc(CNC3CC3)c2)c1F. The molecular weight excluding hydrogens is 495 g/mol.